The van der Waals surface area contributed by atoms with Crippen molar-refractivity contribution >= 4 is 12.3 Å². The van der Waals surface area contributed by atoms with E-state index in [1.165, 1.54) is 0 Å². The van der Waals surface area contributed by atoms with Crippen LogP contribution in [0.25, 0.3) is 0 Å². The molecule has 8 nitrogen and oxygen atoms in total. The summed E-state index contributed by atoms with van der Waals surface area (Å²) in [6.07, 6.45) is -4.67. The largest absolute Gasteiger partial charge is 2.00 e. The van der Waals surface area contributed by atoms with Crippen molar-refractivity contribution < 1.29 is 47.1 Å². The van der Waals surface area contributed by atoms with Gasteiger partial charge in [0.1, 0.15) is 0 Å². The van der Waals surface area contributed by atoms with E-state index in [4.69, 9.17) is 30.0 Å². The Bertz CT molecular complexity index is 76.6. The third kappa shape index (κ3) is 420. The molecule has 0 heterocycles. The average molecular weight is 220 g/mol. The summed E-state index contributed by atoms with van der Waals surface area (Å²) >= 11 is 0. The first-order chi connectivity index (χ1) is 3.46. The molecule has 9 heteroatoms. The fourth-order valence-corrected chi connectivity index (χ4v) is 0. The quantitative estimate of drug-likeness (QED) is 0.387. The summed E-state index contributed by atoms with van der Waals surface area (Å²) in [6, 6.07) is 0. The molecule has 0 aliphatic heterocycles. The van der Waals surface area contributed by atoms with Crippen LogP contribution < -0.4 is 32.7 Å². The molecule has 0 aromatic carbocycles. The normalized spacial score (nSPS) is 4.36. The van der Waals surface area contributed by atoms with Crippen LogP contribution in [-0.2, 0) is 17.1 Å². The molecule has 0 aliphatic rings. The minimum Gasteiger partial charge on any atom is -0.652 e. The van der Waals surface area contributed by atoms with Crippen LogP contribution in [0.3, 0.4) is 0 Å². The fraction of sp³-hybridized carbons (Fsp3) is 0. The third-order valence-electron chi connectivity index (χ3n) is 0. The molecule has 0 saturated carbocycles. The Balaban J connectivity index is -0.0000000171. The number of quaternary nitrogens is 2. The van der Waals surface area contributed by atoms with Gasteiger partial charge in [0, 0.05) is 0 Å². The van der Waals surface area contributed by atoms with E-state index in [1.807, 2.05) is 0 Å². The maximum Gasteiger partial charge on any atom is 2.00 e. The second-order valence-corrected chi connectivity index (χ2v) is 0.500. The maximum atomic E-state index is 8.33. The molecule has 0 spiro atoms. The molecule has 73 valence electrons. The van der Waals surface area contributed by atoms with Crippen LogP contribution in [0.1, 0.15) is 0 Å². The summed E-state index contributed by atoms with van der Waals surface area (Å²) in [6.45, 7) is 0. The van der Waals surface area contributed by atoms with Gasteiger partial charge in [-0.15, -0.1) is 0 Å². The minimum absolute atomic E-state index is 0. The minimum atomic E-state index is -2.33. The second-order valence-electron chi connectivity index (χ2n) is 0.500. The van der Waals surface area contributed by atoms with Gasteiger partial charge in [-0.2, -0.15) is 0 Å². The van der Waals surface area contributed by atoms with Gasteiger partial charge in [-0.1, -0.05) is 0 Å². The van der Waals surface area contributed by atoms with Gasteiger partial charge in [0.25, 0.3) is 0 Å². The molecule has 0 rings (SSSR count). The van der Waals surface area contributed by atoms with Gasteiger partial charge in [0.05, 0.1) is 0 Å². The van der Waals surface area contributed by atoms with Crippen LogP contribution in [0.2, 0.25) is 0 Å². The monoisotopic (exact) mass is 219 g/mol. The Morgan fingerprint density at radius 3 is 0.727 bits per heavy atom. The first-order valence-electron chi connectivity index (χ1n) is 1.22. The molecule has 0 saturated heterocycles. The summed E-state index contributed by atoms with van der Waals surface area (Å²) in [5.74, 6) is 0. The van der Waals surface area contributed by atoms with E-state index in [0.717, 1.165) is 0 Å². The van der Waals surface area contributed by atoms with Crippen LogP contribution in [0, 0.1) is 0 Å². The van der Waals surface area contributed by atoms with Crippen molar-refractivity contribution in [3.05, 3.63) is 0 Å². The van der Waals surface area contributed by atoms with Gasteiger partial charge < -0.3 is 42.3 Å². The van der Waals surface area contributed by atoms with Crippen LogP contribution in [-0.4, -0.2) is 12.3 Å². The number of carboxylic acid groups (broad SMARTS) is 4. The first-order valence-corrected chi connectivity index (χ1v) is 1.22. The summed E-state index contributed by atoms with van der Waals surface area (Å²) in [7, 11) is 0. The predicted octanol–water partition coefficient (Wildman–Crippen LogP) is -4.14. The number of rotatable bonds is 0. The van der Waals surface area contributed by atoms with Gasteiger partial charge >= 0.3 is 17.1 Å². The van der Waals surface area contributed by atoms with Crippen molar-refractivity contribution in [3.63, 3.8) is 0 Å². The van der Waals surface area contributed by atoms with Crippen LogP contribution in [0.5, 0.6) is 0 Å². The smallest absolute Gasteiger partial charge is 0.652 e. The molecule has 0 atom stereocenters. The Labute approximate surface area is 72.5 Å². The van der Waals surface area contributed by atoms with E-state index in [1.54, 1.807) is 0 Å². The second kappa shape index (κ2) is 23.1. The summed E-state index contributed by atoms with van der Waals surface area (Å²) < 4.78 is 0. The molecule has 11 heavy (non-hydrogen) atoms. The van der Waals surface area contributed by atoms with Crippen LogP contribution in [0.15, 0.2) is 0 Å². The predicted molar refractivity (Wildman–Crippen MR) is 22.8 cm³/mol. The molecular formula is C2H8CuN2O6. The molecule has 0 bridgehead atoms. The molecule has 1 radical (unpaired) electrons. The van der Waals surface area contributed by atoms with Crippen molar-refractivity contribution in [2.45, 2.75) is 0 Å². The van der Waals surface area contributed by atoms with Gasteiger partial charge in [-0.3, -0.25) is 0 Å². The van der Waals surface area contributed by atoms with Crippen molar-refractivity contribution in [2.24, 2.45) is 0 Å². The topological polar surface area (TPSA) is 199 Å². The van der Waals surface area contributed by atoms with E-state index >= 15 is 0 Å². The summed E-state index contributed by atoms with van der Waals surface area (Å²) in [5.41, 5.74) is 0. The standard InChI is InChI=1S/2CH2O3.Cu.2H3N/c2*2-1(3)4;;;/h2*(H2,2,3,4);;2*1H3/q;;+2;;/p-2. The number of carbonyl (C=O) groups is 2. The van der Waals surface area contributed by atoms with Crippen molar-refractivity contribution in [1.82, 2.24) is 12.3 Å². The first kappa shape index (κ1) is 32.5. The molecule has 0 aliphatic carbocycles. The Morgan fingerprint density at radius 2 is 0.727 bits per heavy atom. The van der Waals surface area contributed by atoms with Gasteiger partial charge in [0.15, 0.2) is 0 Å². The zero-order valence-electron chi connectivity index (χ0n) is 5.75. The van der Waals surface area contributed by atoms with Crippen molar-refractivity contribution in [2.75, 3.05) is 0 Å². The van der Waals surface area contributed by atoms with Crippen LogP contribution >= 0.6 is 0 Å². The van der Waals surface area contributed by atoms with E-state index in [-0.39, 0.29) is 29.4 Å². The summed E-state index contributed by atoms with van der Waals surface area (Å²) in [5, 5.41) is 33.3. The number of hydrogen-bond acceptors (Lipinski definition) is 6. The molecule has 0 unspecified atom stereocenters. The van der Waals surface area contributed by atoms with Gasteiger partial charge in [-0.25, -0.2) is 0 Å². The van der Waals surface area contributed by atoms with Gasteiger partial charge in [0.2, 0.25) is 0 Å². The van der Waals surface area contributed by atoms with E-state index in [2.05, 4.69) is 0 Å². The molecular weight excluding hydrogens is 212 g/mol. The Morgan fingerprint density at radius 1 is 0.727 bits per heavy atom. The average Bonchev–Trinajstić information content (AvgIpc) is 1.25. The summed E-state index contributed by atoms with van der Waals surface area (Å²) in [4.78, 5) is 16.7. The molecule has 0 aromatic heterocycles. The van der Waals surface area contributed by atoms with Gasteiger partial charge in [-0.05, 0) is 12.3 Å². The van der Waals surface area contributed by atoms with E-state index < -0.39 is 12.3 Å². The fourth-order valence-electron chi connectivity index (χ4n) is 0. The zero-order valence-corrected chi connectivity index (χ0v) is 6.69. The number of hydrogen-bond donors (Lipinski definition) is 2. The SMILES string of the molecule is O=C([O-])[O-].O=C([O-])[O-].[Cu+2].[NH4+].[NH4+]. The molecule has 8 N–H and O–H groups in total. The van der Waals surface area contributed by atoms with E-state index in [0.29, 0.717) is 0 Å². The number of carbonyl (C=O) groups excluding carboxylic acids is 2. The van der Waals surface area contributed by atoms with Crippen molar-refractivity contribution in [3.8, 4) is 0 Å². The molecule has 0 aromatic rings. The van der Waals surface area contributed by atoms with Crippen LogP contribution in [0.4, 0.5) is 9.59 Å². The molecule has 0 fully saturated rings. The third-order valence-corrected chi connectivity index (χ3v) is 0. The van der Waals surface area contributed by atoms with Crippen molar-refractivity contribution in [1.29, 1.82) is 0 Å². The molecule has 0 amide bonds. The maximum absolute atomic E-state index is 8.33. The van der Waals surface area contributed by atoms with E-state index in [9.17, 15) is 0 Å². The zero-order chi connectivity index (χ0) is 7.15. The Kier molecular flexibility index (Phi) is 68.0. The Hall–Kier alpha value is -1.02.